The second kappa shape index (κ2) is 8.50. The molecule has 0 unspecified atom stereocenters. The van der Waals surface area contributed by atoms with Gasteiger partial charge in [-0.15, -0.1) is 5.10 Å². The monoisotopic (exact) mass is 403 g/mol. The molecule has 1 amide bonds. The molecular formula is C19H19Cl2N5O. The molecule has 0 aliphatic rings. The Morgan fingerprint density at radius 2 is 1.93 bits per heavy atom. The van der Waals surface area contributed by atoms with Crippen LogP contribution >= 0.6 is 23.2 Å². The first-order valence-corrected chi connectivity index (χ1v) is 9.29. The van der Waals surface area contributed by atoms with Crippen LogP contribution in [0, 0.1) is 13.8 Å². The quantitative estimate of drug-likeness (QED) is 0.654. The standard InChI is InChI=1S/C19H19Cl2N5O/c1-12-6-8-15(11-18(12)26-13(2)23-24-25-26)22-19(27)5-3-4-14-7-9-16(20)17(21)10-14/h6-11H,3-5H2,1-2H3,(H,22,27). The van der Waals surface area contributed by atoms with Crippen molar-refractivity contribution in [2.24, 2.45) is 0 Å². The summed E-state index contributed by atoms with van der Waals surface area (Å²) in [4.78, 5) is 12.3. The van der Waals surface area contributed by atoms with Crippen LogP contribution in [0.3, 0.4) is 0 Å². The number of tetrazole rings is 1. The number of nitrogens with zero attached hydrogens (tertiary/aromatic N) is 4. The summed E-state index contributed by atoms with van der Waals surface area (Å²) >= 11 is 11.9. The number of hydrogen-bond acceptors (Lipinski definition) is 4. The van der Waals surface area contributed by atoms with Crippen molar-refractivity contribution in [3.8, 4) is 5.69 Å². The number of rotatable bonds is 6. The highest BCUT2D eigenvalue weighted by molar-refractivity contribution is 6.42. The van der Waals surface area contributed by atoms with Crippen molar-refractivity contribution in [2.45, 2.75) is 33.1 Å². The van der Waals surface area contributed by atoms with Gasteiger partial charge in [-0.05, 0) is 72.5 Å². The van der Waals surface area contributed by atoms with Crippen LogP contribution in [0.1, 0.15) is 29.8 Å². The Balaban J connectivity index is 1.59. The number of aryl methyl sites for hydroxylation is 3. The van der Waals surface area contributed by atoms with E-state index >= 15 is 0 Å². The second-order valence-electron chi connectivity index (χ2n) is 6.29. The van der Waals surface area contributed by atoms with E-state index in [1.807, 2.05) is 44.2 Å². The van der Waals surface area contributed by atoms with Crippen molar-refractivity contribution >= 4 is 34.8 Å². The third kappa shape index (κ3) is 4.84. The molecule has 0 bridgehead atoms. The lowest BCUT2D eigenvalue weighted by molar-refractivity contribution is -0.116. The van der Waals surface area contributed by atoms with Crippen LogP contribution in [-0.2, 0) is 11.2 Å². The average Bonchev–Trinajstić information content (AvgIpc) is 3.05. The van der Waals surface area contributed by atoms with Crippen LogP contribution in [0.15, 0.2) is 36.4 Å². The third-order valence-electron chi connectivity index (χ3n) is 4.20. The first-order valence-electron chi connectivity index (χ1n) is 8.54. The van der Waals surface area contributed by atoms with Crippen LogP contribution < -0.4 is 5.32 Å². The number of nitrogens with one attached hydrogen (secondary N) is 1. The predicted octanol–water partition coefficient (Wildman–Crippen LogP) is 4.55. The molecule has 140 valence electrons. The third-order valence-corrected chi connectivity index (χ3v) is 4.94. The minimum Gasteiger partial charge on any atom is -0.326 e. The highest BCUT2D eigenvalue weighted by atomic mass is 35.5. The maximum absolute atomic E-state index is 12.3. The molecule has 0 saturated heterocycles. The van der Waals surface area contributed by atoms with Gasteiger partial charge in [-0.1, -0.05) is 35.3 Å². The van der Waals surface area contributed by atoms with Gasteiger partial charge in [-0.25, -0.2) is 0 Å². The molecule has 8 heteroatoms. The van der Waals surface area contributed by atoms with Crippen LogP contribution in [0.4, 0.5) is 5.69 Å². The molecule has 0 saturated carbocycles. The SMILES string of the molecule is Cc1ccc(NC(=O)CCCc2ccc(Cl)c(Cl)c2)cc1-n1nnnc1C. The molecule has 3 aromatic rings. The van der Waals surface area contributed by atoms with E-state index in [-0.39, 0.29) is 5.91 Å². The lowest BCUT2D eigenvalue weighted by atomic mass is 10.1. The Labute approximate surface area is 167 Å². The maximum Gasteiger partial charge on any atom is 0.224 e. The van der Waals surface area contributed by atoms with E-state index < -0.39 is 0 Å². The van der Waals surface area contributed by atoms with Crippen molar-refractivity contribution in [1.29, 1.82) is 0 Å². The summed E-state index contributed by atoms with van der Waals surface area (Å²) in [6.07, 6.45) is 1.88. The Bertz CT molecular complexity index is 970. The summed E-state index contributed by atoms with van der Waals surface area (Å²) in [7, 11) is 0. The van der Waals surface area contributed by atoms with Gasteiger partial charge in [-0.2, -0.15) is 4.68 Å². The normalized spacial score (nSPS) is 10.8. The first-order chi connectivity index (χ1) is 12.9. The Kier molecular flexibility index (Phi) is 6.08. The summed E-state index contributed by atoms with van der Waals surface area (Å²) in [5.74, 6) is 0.640. The number of halogens is 2. The molecule has 0 spiro atoms. The molecule has 3 rings (SSSR count). The van der Waals surface area contributed by atoms with E-state index in [0.717, 1.165) is 23.2 Å². The number of anilines is 1. The number of carbonyl (C=O) groups excluding carboxylic acids is 1. The van der Waals surface area contributed by atoms with Crippen LogP contribution in [0.2, 0.25) is 10.0 Å². The molecule has 1 heterocycles. The molecule has 0 atom stereocenters. The van der Waals surface area contributed by atoms with Crippen molar-refractivity contribution < 1.29 is 4.79 Å². The molecule has 0 radical (unpaired) electrons. The van der Waals surface area contributed by atoms with Crippen molar-refractivity contribution in [3.63, 3.8) is 0 Å². The zero-order chi connectivity index (χ0) is 19.4. The molecule has 0 aliphatic heterocycles. The van der Waals surface area contributed by atoms with Gasteiger partial charge in [0.2, 0.25) is 5.91 Å². The molecule has 0 aliphatic carbocycles. The largest absolute Gasteiger partial charge is 0.326 e. The average molecular weight is 404 g/mol. The zero-order valence-corrected chi connectivity index (χ0v) is 16.6. The highest BCUT2D eigenvalue weighted by Gasteiger charge is 2.10. The Morgan fingerprint density at radius 3 is 2.63 bits per heavy atom. The van der Waals surface area contributed by atoms with Gasteiger partial charge < -0.3 is 5.32 Å². The van der Waals surface area contributed by atoms with E-state index in [2.05, 4.69) is 20.8 Å². The van der Waals surface area contributed by atoms with E-state index in [1.54, 1.807) is 10.7 Å². The number of carbonyl (C=O) groups is 1. The smallest absolute Gasteiger partial charge is 0.224 e. The van der Waals surface area contributed by atoms with Gasteiger partial charge in [0, 0.05) is 12.1 Å². The topological polar surface area (TPSA) is 72.7 Å². The van der Waals surface area contributed by atoms with E-state index in [1.165, 1.54) is 0 Å². The van der Waals surface area contributed by atoms with Crippen molar-refractivity contribution in [3.05, 3.63) is 63.4 Å². The fourth-order valence-electron chi connectivity index (χ4n) is 2.74. The molecule has 27 heavy (non-hydrogen) atoms. The number of benzene rings is 2. The zero-order valence-electron chi connectivity index (χ0n) is 15.0. The van der Waals surface area contributed by atoms with Crippen LogP contribution in [-0.4, -0.2) is 26.1 Å². The maximum atomic E-state index is 12.3. The Hall–Kier alpha value is -2.44. The molecule has 6 nitrogen and oxygen atoms in total. The van der Waals surface area contributed by atoms with Gasteiger partial charge in [0.05, 0.1) is 15.7 Å². The Morgan fingerprint density at radius 1 is 1.11 bits per heavy atom. The fraction of sp³-hybridized carbons (Fsp3) is 0.263. The van der Waals surface area contributed by atoms with Gasteiger partial charge in [0.25, 0.3) is 0 Å². The van der Waals surface area contributed by atoms with Crippen molar-refractivity contribution in [2.75, 3.05) is 5.32 Å². The summed E-state index contributed by atoms with van der Waals surface area (Å²) in [5, 5.41) is 15.6. The highest BCUT2D eigenvalue weighted by Crippen LogP contribution is 2.23. The number of aromatic nitrogens is 4. The van der Waals surface area contributed by atoms with Crippen molar-refractivity contribution in [1.82, 2.24) is 20.2 Å². The van der Waals surface area contributed by atoms with E-state index in [0.29, 0.717) is 34.4 Å². The lowest BCUT2D eigenvalue weighted by Gasteiger charge is -2.10. The minimum atomic E-state index is -0.0432. The fourth-order valence-corrected chi connectivity index (χ4v) is 3.06. The predicted molar refractivity (Wildman–Crippen MR) is 107 cm³/mol. The van der Waals surface area contributed by atoms with Gasteiger partial charge in [-0.3, -0.25) is 4.79 Å². The van der Waals surface area contributed by atoms with Crippen LogP contribution in [0.5, 0.6) is 0 Å². The van der Waals surface area contributed by atoms with E-state index in [9.17, 15) is 4.79 Å². The second-order valence-corrected chi connectivity index (χ2v) is 7.10. The minimum absolute atomic E-state index is 0.0432. The molecule has 1 aromatic heterocycles. The summed E-state index contributed by atoms with van der Waals surface area (Å²) < 4.78 is 1.65. The van der Waals surface area contributed by atoms with Gasteiger partial charge >= 0.3 is 0 Å². The van der Waals surface area contributed by atoms with E-state index in [4.69, 9.17) is 23.2 Å². The molecule has 1 N–H and O–H groups in total. The summed E-state index contributed by atoms with van der Waals surface area (Å²) in [6.45, 7) is 3.80. The lowest BCUT2D eigenvalue weighted by Crippen LogP contribution is -2.12. The summed E-state index contributed by atoms with van der Waals surface area (Å²) in [5.41, 5.74) is 3.63. The number of amides is 1. The first kappa shape index (κ1) is 19.3. The van der Waals surface area contributed by atoms with Crippen LogP contribution in [0.25, 0.3) is 5.69 Å². The molecular weight excluding hydrogens is 385 g/mol. The van der Waals surface area contributed by atoms with Gasteiger partial charge in [0.1, 0.15) is 0 Å². The summed E-state index contributed by atoms with van der Waals surface area (Å²) in [6, 6.07) is 11.2. The number of hydrogen-bond donors (Lipinski definition) is 1. The van der Waals surface area contributed by atoms with Gasteiger partial charge in [0.15, 0.2) is 5.82 Å². The molecule has 0 fully saturated rings. The molecule has 2 aromatic carbocycles.